The number of nitrogens with zero attached hydrogens (tertiary/aromatic N) is 2. The van der Waals surface area contributed by atoms with Gasteiger partial charge in [0.15, 0.2) is 11.5 Å². The third kappa shape index (κ3) is 2.70. The summed E-state index contributed by atoms with van der Waals surface area (Å²) in [5, 5.41) is 22.1. The van der Waals surface area contributed by atoms with Crippen LogP contribution in [0.15, 0.2) is 42.7 Å². The molecule has 0 atom stereocenters. The Labute approximate surface area is 154 Å². The average molecular weight is 364 g/mol. The molecule has 0 saturated carbocycles. The average Bonchev–Trinajstić information content (AvgIpc) is 2.91. The van der Waals surface area contributed by atoms with Crippen LogP contribution < -0.4 is 0 Å². The van der Waals surface area contributed by atoms with Gasteiger partial charge in [-0.25, -0.2) is 4.39 Å². The van der Waals surface area contributed by atoms with Gasteiger partial charge in [-0.2, -0.15) is 0 Å². The molecule has 0 amide bonds. The van der Waals surface area contributed by atoms with Crippen molar-refractivity contribution in [3.05, 3.63) is 65.2 Å². The molecule has 2 aromatic heterocycles. The largest absolute Gasteiger partial charge is 0.505 e. The number of hydrogen-bond acceptors (Lipinski definition) is 4. The number of carbonyl (C=O) groups excluding carboxylic acids is 1. The van der Waals surface area contributed by atoms with E-state index in [2.05, 4.69) is 4.98 Å². The summed E-state index contributed by atoms with van der Waals surface area (Å²) in [6.45, 7) is 1.45. The van der Waals surface area contributed by atoms with E-state index < -0.39 is 0 Å². The second-order valence-corrected chi connectivity index (χ2v) is 6.68. The Kier molecular flexibility index (Phi) is 3.84. The van der Waals surface area contributed by atoms with Crippen molar-refractivity contribution < 1.29 is 19.4 Å². The quantitative estimate of drug-likeness (QED) is 0.537. The number of halogens is 1. The number of fused-ring (bicyclic) bond motifs is 2. The molecule has 2 heterocycles. The number of carbonyl (C=O) groups is 1. The first kappa shape index (κ1) is 17.0. The fourth-order valence-corrected chi connectivity index (χ4v) is 3.50. The van der Waals surface area contributed by atoms with Crippen molar-refractivity contribution in [2.45, 2.75) is 13.3 Å². The molecule has 27 heavy (non-hydrogen) atoms. The fraction of sp³-hybridized carbons (Fsp3) is 0.143. The Balaban J connectivity index is 1.97. The number of rotatable bonds is 3. The van der Waals surface area contributed by atoms with Crippen molar-refractivity contribution in [3.63, 3.8) is 0 Å². The third-order valence-electron chi connectivity index (χ3n) is 4.77. The van der Waals surface area contributed by atoms with Crippen molar-refractivity contribution in [1.29, 1.82) is 0 Å². The molecule has 0 bridgehead atoms. The molecule has 2 aromatic carbocycles. The van der Waals surface area contributed by atoms with E-state index in [0.717, 1.165) is 11.1 Å². The summed E-state index contributed by atoms with van der Waals surface area (Å²) in [5.74, 6) is -0.762. The smallest absolute Gasteiger partial charge is 0.202 e. The molecule has 2 N–H and O–H groups in total. The minimum atomic E-state index is -0.301. The highest BCUT2D eigenvalue weighted by Crippen LogP contribution is 2.42. The second-order valence-electron chi connectivity index (χ2n) is 6.68. The van der Waals surface area contributed by atoms with Crippen molar-refractivity contribution in [3.8, 4) is 11.6 Å². The van der Waals surface area contributed by atoms with Gasteiger partial charge in [0.1, 0.15) is 11.3 Å². The summed E-state index contributed by atoms with van der Waals surface area (Å²) in [6, 6.07) is 7.99. The zero-order chi connectivity index (χ0) is 19.3. The van der Waals surface area contributed by atoms with Crippen LogP contribution in [0.4, 0.5) is 4.39 Å². The molecular formula is C21H17FN2O3. The summed E-state index contributed by atoms with van der Waals surface area (Å²) in [6.07, 6.45) is 3.74. The molecule has 5 nitrogen and oxygen atoms in total. The van der Waals surface area contributed by atoms with E-state index in [0.29, 0.717) is 22.8 Å². The number of hydrogen-bond donors (Lipinski definition) is 2. The number of phenols is 1. The van der Waals surface area contributed by atoms with Crippen molar-refractivity contribution in [2.24, 2.45) is 7.05 Å². The number of phenolic OH excluding ortho intramolecular Hbond substituents is 1. The van der Waals surface area contributed by atoms with E-state index in [1.165, 1.54) is 23.6 Å². The number of ketones is 1. The van der Waals surface area contributed by atoms with Crippen LogP contribution in [0.3, 0.4) is 0 Å². The normalized spacial score (nSPS) is 11.4. The van der Waals surface area contributed by atoms with Crippen LogP contribution in [-0.4, -0.2) is 25.5 Å². The van der Waals surface area contributed by atoms with Gasteiger partial charge in [0, 0.05) is 35.8 Å². The van der Waals surface area contributed by atoms with E-state index in [9.17, 15) is 19.4 Å². The Morgan fingerprint density at radius 1 is 1.15 bits per heavy atom. The highest BCUT2D eigenvalue weighted by atomic mass is 19.1. The van der Waals surface area contributed by atoms with Crippen LogP contribution in [0.5, 0.6) is 11.6 Å². The molecule has 6 heteroatoms. The van der Waals surface area contributed by atoms with Gasteiger partial charge in [-0.1, -0.05) is 12.1 Å². The maximum atomic E-state index is 13.1. The Bertz CT molecular complexity index is 1210. The molecule has 0 saturated heterocycles. The van der Waals surface area contributed by atoms with Crippen LogP contribution in [0.25, 0.3) is 21.7 Å². The first-order valence-electron chi connectivity index (χ1n) is 8.43. The summed E-state index contributed by atoms with van der Waals surface area (Å²) < 4.78 is 14.6. The summed E-state index contributed by atoms with van der Waals surface area (Å²) in [7, 11) is 1.64. The van der Waals surface area contributed by atoms with Gasteiger partial charge >= 0.3 is 0 Å². The molecule has 4 aromatic rings. The molecule has 136 valence electrons. The lowest BCUT2D eigenvalue weighted by Gasteiger charge is -2.10. The molecule has 0 aliphatic rings. The number of pyridine rings is 1. The van der Waals surface area contributed by atoms with Gasteiger partial charge in [0.25, 0.3) is 0 Å². The van der Waals surface area contributed by atoms with E-state index in [-0.39, 0.29) is 34.1 Å². The lowest BCUT2D eigenvalue weighted by Crippen LogP contribution is -1.98. The first-order valence-corrected chi connectivity index (χ1v) is 8.43. The first-order chi connectivity index (χ1) is 12.9. The minimum absolute atomic E-state index is 0.121. The van der Waals surface area contributed by atoms with Crippen LogP contribution in [0, 0.1) is 5.82 Å². The highest BCUT2D eigenvalue weighted by Gasteiger charge is 2.22. The number of Topliss-reactive ketones (excluding diaryl/α,β-unsaturated/α-hetero) is 1. The van der Waals surface area contributed by atoms with Crippen molar-refractivity contribution in [1.82, 2.24) is 9.55 Å². The van der Waals surface area contributed by atoms with Gasteiger partial charge in [0.2, 0.25) is 5.88 Å². The van der Waals surface area contributed by atoms with E-state index in [1.54, 1.807) is 31.6 Å². The molecule has 0 radical (unpaired) electrons. The molecule has 0 aliphatic carbocycles. The van der Waals surface area contributed by atoms with E-state index >= 15 is 0 Å². The summed E-state index contributed by atoms with van der Waals surface area (Å²) >= 11 is 0. The molecule has 0 fully saturated rings. The maximum Gasteiger partial charge on any atom is 0.202 e. The molecule has 0 aliphatic heterocycles. The zero-order valence-corrected chi connectivity index (χ0v) is 14.8. The fourth-order valence-electron chi connectivity index (χ4n) is 3.50. The molecule has 0 unspecified atom stereocenters. The standard InChI is InChI=1S/C21H17FN2O3/c1-11(25)17-15-8-13(7-12-3-5-14(22)6-4-12)9-23-19(15)20(26)18-16(17)10-24(2)21(18)27/h3-6,8-10,26-27H,7H2,1-2H3. The van der Waals surface area contributed by atoms with Gasteiger partial charge in [-0.3, -0.25) is 9.78 Å². The summed E-state index contributed by atoms with van der Waals surface area (Å²) in [4.78, 5) is 16.7. The van der Waals surface area contributed by atoms with Crippen molar-refractivity contribution >= 4 is 27.5 Å². The Morgan fingerprint density at radius 3 is 2.52 bits per heavy atom. The van der Waals surface area contributed by atoms with Crippen LogP contribution in [0.2, 0.25) is 0 Å². The van der Waals surface area contributed by atoms with Crippen LogP contribution in [0.1, 0.15) is 28.4 Å². The lowest BCUT2D eigenvalue weighted by molar-refractivity contribution is 0.102. The topological polar surface area (TPSA) is 75.3 Å². The van der Waals surface area contributed by atoms with E-state index in [1.807, 2.05) is 6.07 Å². The number of benzene rings is 2. The predicted molar refractivity (Wildman–Crippen MR) is 101 cm³/mol. The Morgan fingerprint density at radius 2 is 1.85 bits per heavy atom. The summed E-state index contributed by atoms with van der Waals surface area (Å²) in [5.41, 5.74) is 2.40. The zero-order valence-electron chi connectivity index (χ0n) is 14.8. The monoisotopic (exact) mass is 364 g/mol. The predicted octanol–water partition coefficient (Wildman–Crippen LogP) is 4.07. The lowest BCUT2D eigenvalue weighted by atomic mass is 9.96. The van der Waals surface area contributed by atoms with Crippen LogP contribution >= 0.6 is 0 Å². The second kappa shape index (κ2) is 6.09. The van der Waals surface area contributed by atoms with Crippen molar-refractivity contribution in [2.75, 3.05) is 0 Å². The maximum absolute atomic E-state index is 13.1. The molecular weight excluding hydrogens is 347 g/mol. The molecule has 4 rings (SSSR count). The minimum Gasteiger partial charge on any atom is -0.505 e. The third-order valence-corrected chi connectivity index (χ3v) is 4.77. The number of aromatic nitrogens is 2. The molecule has 0 spiro atoms. The number of aromatic hydroxyl groups is 2. The van der Waals surface area contributed by atoms with E-state index in [4.69, 9.17) is 0 Å². The Hall–Kier alpha value is -3.41. The highest BCUT2D eigenvalue weighted by molar-refractivity contribution is 6.21. The van der Waals surface area contributed by atoms with Gasteiger partial charge < -0.3 is 14.8 Å². The number of aryl methyl sites for hydroxylation is 1. The van der Waals surface area contributed by atoms with Crippen LogP contribution in [-0.2, 0) is 13.5 Å². The van der Waals surface area contributed by atoms with Gasteiger partial charge in [-0.05, 0) is 42.7 Å². The van der Waals surface area contributed by atoms with Gasteiger partial charge in [0.05, 0.1) is 5.39 Å². The van der Waals surface area contributed by atoms with Gasteiger partial charge in [-0.15, -0.1) is 0 Å². The SMILES string of the molecule is CC(=O)c1c2cc(Cc3ccc(F)cc3)cnc2c(O)c2c(O)n(C)cc12.